The van der Waals surface area contributed by atoms with Crippen molar-refractivity contribution in [1.82, 2.24) is 4.90 Å². The van der Waals surface area contributed by atoms with Gasteiger partial charge in [0.25, 0.3) is 0 Å². The first kappa shape index (κ1) is 11.6. The van der Waals surface area contributed by atoms with E-state index < -0.39 is 0 Å². The minimum Gasteiger partial charge on any atom is -0.492 e. The number of rotatable bonds is 4. The molecule has 1 heterocycles. The second kappa shape index (κ2) is 4.99. The molecule has 2 rings (SSSR count). The summed E-state index contributed by atoms with van der Waals surface area (Å²) >= 11 is 0. The van der Waals surface area contributed by atoms with Crippen molar-refractivity contribution in [2.24, 2.45) is 0 Å². The molecule has 90 valence electrons. The Morgan fingerprint density at radius 2 is 1.94 bits per heavy atom. The molecule has 0 aliphatic carbocycles. The molecule has 1 aliphatic rings. The van der Waals surface area contributed by atoms with Crippen molar-refractivity contribution in [3.05, 3.63) is 29.8 Å². The Morgan fingerprint density at radius 3 is 2.59 bits per heavy atom. The second-order valence-corrected chi connectivity index (χ2v) is 4.10. The van der Waals surface area contributed by atoms with E-state index in [-0.39, 0.29) is 11.8 Å². The van der Waals surface area contributed by atoms with Crippen molar-refractivity contribution >= 4 is 11.8 Å². The van der Waals surface area contributed by atoms with Gasteiger partial charge in [0.2, 0.25) is 11.8 Å². The maximum atomic E-state index is 11.3. The molecule has 2 amide bonds. The quantitative estimate of drug-likeness (QED) is 0.741. The van der Waals surface area contributed by atoms with Crippen molar-refractivity contribution in [2.75, 3.05) is 13.2 Å². The number of nitrogens with zero attached hydrogens (tertiary/aromatic N) is 1. The fraction of sp³-hybridized carbons (Fsp3) is 0.385. The van der Waals surface area contributed by atoms with Crippen molar-refractivity contribution in [2.45, 2.75) is 19.8 Å². The van der Waals surface area contributed by atoms with Gasteiger partial charge in [-0.05, 0) is 24.6 Å². The van der Waals surface area contributed by atoms with E-state index in [1.54, 1.807) is 0 Å². The Hall–Kier alpha value is -1.84. The fourth-order valence-corrected chi connectivity index (χ4v) is 1.83. The molecule has 0 aromatic heterocycles. The van der Waals surface area contributed by atoms with E-state index in [1.165, 1.54) is 4.90 Å². The van der Waals surface area contributed by atoms with Crippen LogP contribution in [0, 0.1) is 6.92 Å². The van der Waals surface area contributed by atoms with Gasteiger partial charge < -0.3 is 4.74 Å². The number of carbonyl (C=O) groups is 2. The molecule has 4 nitrogen and oxygen atoms in total. The van der Waals surface area contributed by atoms with Gasteiger partial charge in [0.05, 0.1) is 6.54 Å². The molecule has 1 aromatic carbocycles. The molecule has 0 spiro atoms. The highest BCUT2D eigenvalue weighted by atomic mass is 16.5. The van der Waals surface area contributed by atoms with Crippen molar-refractivity contribution in [1.29, 1.82) is 0 Å². The average molecular weight is 233 g/mol. The lowest BCUT2D eigenvalue weighted by Crippen LogP contribution is -2.33. The van der Waals surface area contributed by atoms with Gasteiger partial charge in [-0.3, -0.25) is 14.5 Å². The molecule has 17 heavy (non-hydrogen) atoms. The number of likely N-dealkylation sites (tertiary alicyclic amines) is 1. The monoisotopic (exact) mass is 233 g/mol. The molecule has 4 heteroatoms. The molecule has 1 saturated heterocycles. The number of amides is 2. The minimum absolute atomic E-state index is 0.0946. The Labute approximate surface area is 100 Å². The van der Waals surface area contributed by atoms with E-state index in [0.29, 0.717) is 26.0 Å². The molecule has 1 aromatic rings. The molecule has 1 aliphatic heterocycles. The van der Waals surface area contributed by atoms with Gasteiger partial charge in [-0.2, -0.15) is 0 Å². The van der Waals surface area contributed by atoms with Crippen molar-refractivity contribution < 1.29 is 14.3 Å². The first-order valence-electron chi connectivity index (χ1n) is 5.69. The smallest absolute Gasteiger partial charge is 0.229 e. The van der Waals surface area contributed by atoms with Crippen LogP contribution >= 0.6 is 0 Å². The lowest BCUT2D eigenvalue weighted by molar-refractivity contribution is -0.138. The van der Waals surface area contributed by atoms with Gasteiger partial charge >= 0.3 is 0 Å². The predicted octanol–water partition coefficient (Wildman–Crippen LogP) is 1.52. The van der Waals surface area contributed by atoms with Crippen LogP contribution in [-0.2, 0) is 9.59 Å². The normalized spacial score (nSPS) is 15.5. The van der Waals surface area contributed by atoms with Gasteiger partial charge in [-0.1, -0.05) is 12.1 Å². The molecule has 0 unspecified atom stereocenters. The third-order valence-corrected chi connectivity index (χ3v) is 2.73. The van der Waals surface area contributed by atoms with E-state index in [2.05, 4.69) is 0 Å². The lowest BCUT2D eigenvalue weighted by atomic mass is 10.2. The van der Waals surface area contributed by atoms with Crippen molar-refractivity contribution in [3.63, 3.8) is 0 Å². The van der Waals surface area contributed by atoms with Crippen LogP contribution in [0.5, 0.6) is 5.75 Å². The van der Waals surface area contributed by atoms with Gasteiger partial charge in [0, 0.05) is 12.8 Å². The standard InChI is InChI=1S/C13H15NO3/c1-10-3-2-4-11(9-10)17-8-7-14-12(15)5-6-13(14)16/h2-4,9H,5-8H2,1H3. The average Bonchev–Trinajstić information content (AvgIpc) is 2.61. The Balaban J connectivity index is 1.83. The summed E-state index contributed by atoms with van der Waals surface area (Å²) in [5.74, 6) is 0.578. The zero-order valence-corrected chi connectivity index (χ0v) is 9.81. The van der Waals surface area contributed by atoms with Crippen LogP contribution in [-0.4, -0.2) is 29.9 Å². The molecule has 1 fully saturated rings. The van der Waals surface area contributed by atoms with Crippen LogP contribution in [0.25, 0.3) is 0 Å². The van der Waals surface area contributed by atoms with Crippen LogP contribution < -0.4 is 4.74 Å². The zero-order valence-electron chi connectivity index (χ0n) is 9.81. The van der Waals surface area contributed by atoms with Gasteiger partial charge in [-0.25, -0.2) is 0 Å². The first-order chi connectivity index (χ1) is 8.16. The summed E-state index contributed by atoms with van der Waals surface area (Å²) < 4.78 is 5.50. The molecule has 0 atom stereocenters. The van der Waals surface area contributed by atoms with Gasteiger partial charge in [0.15, 0.2) is 0 Å². The van der Waals surface area contributed by atoms with Gasteiger partial charge in [-0.15, -0.1) is 0 Å². The third kappa shape index (κ3) is 2.84. The molecule has 0 radical (unpaired) electrons. The lowest BCUT2D eigenvalue weighted by Gasteiger charge is -2.14. The number of hydrogen-bond acceptors (Lipinski definition) is 3. The highest BCUT2D eigenvalue weighted by Crippen LogP contribution is 2.14. The van der Waals surface area contributed by atoms with Crippen LogP contribution in [0.1, 0.15) is 18.4 Å². The SMILES string of the molecule is Cc1cccc(OCCN2C(=O)CCC2=O)c1. The number of hydrogen-bond donors (Lipinski definition) is 0. The summed E-state index contributed by atoms with van der Waals surface area (Å²) in [6, 6.07) is 7.69. The number of imide groups is 1. The van der Waals surface area contributed by atoms with Gasteiger partial charge in [0.1, 0.15) is 12.4 Å². The number of aryl methyl sites for hydroxylation is 1. The van der Waals surface area contributed by atoms with Crippen LogP contribution in [0.2, 0.25) is 0 Å². The summed E-state index contributed by atoms with van der Waals surface area (Å²) in [4.78, 5) is 23.9. The maximum Gasteiger partial charge on any atom is 0.229 e. The Morgan fingerprint density at radius 1 is 1.24 bits per heavy atom. The zero-order chi connectivity index (χ0) is 12.3. The summed E-state index contributed by atoms with van der Waals surface area (Å²) in [6.07, 6.45) is 0.673. The van der Waals surface area contributed by atoms with E-state index in [4.69, 9.17) is 4.74 Å². The highest BCUT2D eigenvalue weighted by molar-refractivity contribution is 6.01. The number of ether oxygens (including phenoxy) is 1. The summed E-state index contributed by atoms with van der Waals surface area (Å²) in [6.45, 7) is 2.67. The topological polar surface area (TPSA) is 46.6 Å². The highest BCUT2D eigenvalue weighted by Gasteiger charge is 2.28. The molecule has 0 N–H and O–H groups in total. The van der Waals surface area contributed by atoms with Crippen LogP contribution in [0.3, 0.4) is 0 Å². The van der Waals surface area contributed by atoms with Crippen LogP contribution in [0.4, 0.5) is 0 Å². The minimum atomic E-state index is -0.0946. The van der Waals surface area contributed by atoms with Crippen molar-refractivity contribution in [3.8, 4) is 5.75 Å². The Bertz CT molecular complexity index is 426. The Kier molecular flexibility index (Phi) is 3.42. The molecular weight excluding hydrogens is 218 g/mol. The van der Waals surface area contributed by atoms with E-state index >= 15 is 0 Å². The van der Waals surface area contributed by atoms with E-state index in [0.717, 1.165) is 11.3 Å². The number of carbonyl (C=O) groups excluding carboxylic acids is 2. The molecular formula is C13H15NO3. The fourth-order valence-electron chi connectivity index (χ4n) is 1.83. The first-order valence-corrected chi connectivity index (χ1v) is 5.69. The largest absolute Gasteiger partial charge is 0.492 e. The van der Waals surface area contributed by atoms with E-state index in [9.17, 15) is 9.59 Å². The van der Waals surface area contributed by atoms with E-state index in [1.807, 2.05) is 31.2 Å². The summed E-state index contributed by atoms with van der Waals surface area (Å²) in [5.41, 5.74) is 1.12. The predicted molar refractivity (Wildman–Crippen MR) is 62.6 cm³/mol. The molecule has 0 saturated carbocycles. The third-order valence-electron chi connectivity index (χ3n) is 2.73. The second-order valence-electron chi connectivity index (χ2n) is 4.10. The van der Waals surface area contributed by atoms with Crippen LogP contribution in [0.15, 0.2) is 24.3 Å². The maximum absolute atomic E-state index is 11.3. The molecule has 0 bridgehead atoms. The number of benzene rings is 1. The summed E-state index contributed by atoms with van der Waals surface area (Å²) in [5, 5.41) is 0. The summed E-state index contributed by atoms with van der Waals surface area (Å²) in [7, 11) is 0.